The second-order valence-electron chi connectivity index (χ2n) is 3.84. The van der Waals surface area contributed by atoms with Crippen LogP contribution in [-0.2, 0) is 6.42 Å². The third-order valence-electron chi connectivity index (χ3n) is 2.76. The summed E-state index contributed by atoms with van der Waals surface area (Å²) < 4.78 is 2.08. The molecule has 4 heteroatoms. The van der Waals surface area contributed by atoms with Gasteiger partial charge in [0.1, 0.15) is 5.82 Å². The van der Waals surface area contributed by atoms with E-state index in [1.807, 2.05) is 0 Å². The van der Waals surface area contributed by atoms with E-state index in [1.54, 1.807) is 0 Å². The average molecular weight is 200 g/mol. The standard InChI is InChI=1S/C9H14ClN3/c1-3-8-11-12-9(10)13(8)7-4-6(2)5-7/h6-7H,3-5H2,1-2H3. The molecule has 0 bridgehead atoms. The Bertz CT molecular complexity index is 302. The molecule has 1 aromatic rings. The highest BCUT2D eigenvalue weighted by molar-refractivity contribution is 6.28. The molecular formula is C9H14ClN3. The summed E-state index contributed by atoms with van der Waals surface area (Å²) >= 11 is 5.97. The fraction of sp³-hybridized carbons (Fsp3) is 0.778. The van der Waals surface area contributed by atoms with E-state index in [0.29, 0.717) is 11.3 Å². The van der Waals surface area contributed by atoms with Crippen LogP contribution in [0.2, 0.25) is 5.28 Å². The van der Waals surface area contributed by atoms with E-state index in [1.165, 1.54) is 12.8 Å². The zero-order valence-corrected chi connectivity index (χ0v) is 8.75. The predicted octanol–water partition coefficient (Wildman–Crippen LogP) is 2.46. The van der Waals surface area contributed by atoms with Crippen molar-refractivity contribution in [2.45, 2.75) is 39.2 Å². The smallest absolute Gasteiger partial charge is 0.225 e. The van der Waals surface area contributed by atoms with Crippen LogP contribution < -0.4 is 0 Å². The highest BCUT2D eigenvalue weighted by Gasteiger charge is 2.30. The van der Waals surface area contributed by atoms with E-state index < -0.39 is 0 Å². The lowest BCUT2D eigenvalue weighted by atomic mass is 9.81. The minimum Gasteiger partial charge on any atom is -0.299 e. The molecule has 3 nitrogen and oxygen atoms in total. The van der Waals surface area contributed by atoms with E-state index in [-0.39, 0.29) is 0 Å². The molecule has 2 rings (SSSR count). The van der Waals surface area contributed by atoms with Crippen molar-refractivity contribution in [3.05, 3.63) is 11.1 Å². The van der Waals surface area contributed by atoms with Gasteiger partial charge in [0.05, 0.1) is 0 Å². The van der Waals surface area contributed by atoms with Gasteiger partial charge in [0.15, 0.2) is 0 Å². The SMILES string of the molecule is CCc1nnc(Cl)n1C1CC(C)C1. The molecular weight excluding hydrogens is 186 g/mol. The molecule has 1 saturated carbocycles. The lowest BCUT2D eigenvalue weighted by Gasteiger charge is -2.34. The summed E-state index contributed by atoms with van der Waals surface area (Å²) in [5.74, 6) is 1.84. The lowest BCUT2D eigenvalue weighted by molar-refractivity contribution is 0.212. The van der Waals surface area contributed by atoms with Gasteiger partial charge in [-0.25, -0.2) is 0 Å². The Morgan fingerprint density at radius 3 is 2.69 bits per heavy atom. The summed E-state index contributed by atoms with van der Waals surface area (Å²) in [4.78, 5) is 0. The highest BCUT2D eigenvalue weighted by Crippen LogP contribution is 2.39. The normalized spacial score (nSPS) is 27.3. The van der Waals surface area contributed by atoms with Crippen molar-refractivity contribution < 1.29 is 0 Å². The van der Waals surface area contributed by atoms with Gasteiger partial charge in [-0.05, 0) is 30.4 Å². The van der Waals surface area contributed by atoms with Gasteiger partial charge in [-0.1, -0.05) is 13.8 Å². The van der Waals surface area contributed by atoms with Crippen LogP contribution in [0, 0.1) is 5.92 Å². The first kappa shape index (κ1) is 9.00. The second kappa shape index (κ2) is 3.29. The Labute approximate surface area is 83.1 Å². The topological polar surface area (TPSA) is 30.7 Å². The molecule has 0 aliphatic heterocycles. The third kappa shape index (κ3) is 1.46. The fourth-order valence-corrected chi connectivity index (χ4v) is 2.25. The van der Waals surface area contributed by atoms with Crippen molar-refractivity contribution in [1.82, 2.24) is 14.8 Å². The van der Waals surface area contributed by atoms with Crippen LogP contribution in [-0.4, -0.2) is 14.8 Å². The van der Waals surface area contributed by atoms with E-state index >= 15 is 0 Å². The zero-order valence-electron chi connectivity index (χ0n) is 8.00. The molecule has 1 heterocycles. The lowest BCUT2D eigenvalue weighted by Crippen LogP contribution is -2.26. The van der Waals surface area contributed by atoms with Crippen molar-refractivity contribution in [1.29, 1.82) is 0 Å². The fourth-order valence-electron chi connectivity index (χ4n) is 1.97. The first-order valence-corrected chi connectivity index (χ1v) is 5.19. The molecule has 0 amide bonds. The molecule has 0 atom stereocenters. The summed E-state index contributed by atoms with van der Waals surface area (Å²) in [5, 5.41) is 8.49. The van der Waals surface area contributed by atoms with Gasteiger partial charge in [-0.15, -0.1) is 10.2 Å². The zero-order chi connectivity index (χ0) is 9.42. The molecule has 0 aromatic carbocycles. The first-order valence-electron chi connectivity index (χ1n) is 4.81. The maximum atomic E-state index is 5.97. The monoisotopic (exact) mass is 199 g/mol. The van der Waals surface area contributed by atoms with Gasteiger partial charge in [0.25, 0.3) is 0 Å². The Hall–Kier alpha value is -0.570. The van der Waals surface area contributed by atoms with Gasteiger partial charge < -0.3 is 0 Å². The van der Waals surface area contributed by atoms with Crippen LogP contribution in [0.4, 0.5) is 0 Å². The van der Waals surface area contributed by atoms with Gasteiger partial charge >= 0.3 is 0 Å². The summed E-state index contributed by atoms with van der Waals surface area (Å²) in [7, 11) is 0. The second-order valence-corrected chi connectivity index (χ2v) is 4.18. The van der Waals surface area contributed by atoms with Crippen molar-refractivity contribution in [2.75, 3.05) is 0 Å². The summed E-state index contributed by atoms with van der Waals surface area (Å²) in [6, 6.07) is 0.549. The summed E-state index contributed by atoms with van der Waals surface area (Å²) in [5.41, 5.74) is 0. The molecule has 0 N–H and O–H groups in total. The largest absolute Gasteiger partial charge is 0.299 e. The molecule has 0 spiro atoms. The van der Waals surface area contributed by atoms with Gasteiger partial charge in [0.2, 0.25) is 5.28 Å². The molecule has 13 heavy (non-hydrogen) atoms. The van der Waals surface area contributed by atoms with E-state index in [4.69, 9.17) is 11.6 Å². The van der Waals surface area contributed by atoms with E-state index in [2.05, 4.69) is 28.6 Å². The van der Waals surface area contributed by atoms with Crippen molar-refractivity contribution >= 4 is 11.6 Å². The predicted molar refractivity (Wildman–Crippen MR) is 51.8 cm³/mol. The van der Waals surface area contributed by atoms with Crippen LogP contribution in [0.3, 0.4) is 0 Å². The van der Waals surface area contributed by atoms with Crippen molar-refractivity contribution in [2.24, 2.45) is 5.92 Å². The van der Waals surface area contributed by atoms with Gasteiger partial charge in [0, 0.05) is 12.5 Å². The molecule has 72 valence electrons. The van der Waals surface area contributed by atoms with Crippen LogP contribution in [0.15, 0.2) is 0 Å². The van der Waals surface area contributed by atoms with Crippen LogP contribution >= 0.6 is 11.6 Å². The van der Waals surface area contributed by atoms with E-state index in [9.17, 15) is 0 Å². The van der Waals surface area contributed by atoms with Gasteiger partial charge in [-0.2, -0.15) is 0 Å². The quantitative estimate of drug-likeness (QED) is 0.733. The molecule has 1 fully saturated rings. The first-order chi connectivity index (χ1) is 6.22. The average Bonchev–Trinajstić information content (AvgIpc) is 2.41. The van der Waals surface area contributed by atoms with Crippen molar-refractivity contribution in [3.8, 4) is 0 Å². The number of hydrogen-bond acceptors (Lipinski definition) is 2. The Morgan fingerprint density at radius 1 is 1.46 bits per heavy atom. The van der Waals surface area contributed by atoms with Crippen LogP contribution in [0.1, 0.15) is 38.6 Å². The Balaban J connectivity index is 2.22. The van der Waals surface area contributed by atoms with Gasteiger partial charge in [-0.3, -0.25) is 4.57 Å². The molecule has 0 saturated heterocycles. The Morgan fingerprint density at radius 2 is 2.15 bits per heavy atom. The number of aromatic nitrogens is 3. The van der Waals surface area contributed by atoms with Crippen LogP contribution in [0.25, 0.3) is 0 Å². The highest BCUT2D eigenvalue weighted by atomic mass is 35.5. The third-order valence-corrected chi connectivity index (χ3v) is 3.01. The Kier molecular flexibility index (Phi) is 2.28. The molecule has 1 aromatic heterocycles. The van der Waals surface area contributed by atoms with E-state index in [0.717, 1.165) is 18.2 Å². The minimum atomic E-state index is 0.549. The summed E-state index contributed by atoms with van der Waals surface area (Å²) in [6.45, 7) is 4.35. The van der Waals surface area contributed by atoms with Crippen molar-refractivity contribution in [3.63, 3.8) is 0 Å². The minimum absolute atomic E-state index is 0.549. The maximum Gasteiger partial charge on any atom is 0.225 e. The molecule has 1 aliphatic rings. The molecule has 1 aliphatic carbocycles. The summed E-state index contributed by atoms with van der Waals surface area (Å²) in [6.07, 6.45) is 3.33. The molecule has 0 unspecified atom stereocenters. The number of rotatable bonds is 2. The number of nitrogens with zero attached hydrogens (tertiary/aromatic N) is 3. The number of halogens is 1. The maximum absolute atomic E-state index is 5.97. The number of aryl methyl sites for hydroxylation is 1. The van der Waals surface area contributed by atoms with Crippen LogP contribution in [0.5, 0.6) is 0 Å². The number of hydrogen-bond donors (Lipinski definition) is 0. The molecule has 0 radical (unpaired) electrons.